The summed E-state index contributed by atoms with van der Waals surface area (Å²) in [6.45, 7) is 3.77. The zero-order valence-corrected chi connectivity index (χ0v) is 11.9. The third-order valence-electron chi connectivity index (χ3n) is 3.30. The molecule has 0 aromatic heterocycles. The number of halogens is 3. The van der Waals surface area contributed by atoms with Crippen LogP contribution < -0.4 is 0 Å². The standard InChI is InChI=1S/C17H16F3N/c1-12(14-6-4-3-5-7-14)21-13(2)15-8-10-16(11-9-15)17(18,19)20/h3-12H,1-2H3/b21-13+. The predicted molar refractivity (Wildman–Crippen MR) is 78.5 cm³/mol. The van der Waals surface area contributed by atoms with Crippen LogP contribution in [0.5, 0.6) is 0 Å². The first-order valence-electron chi connectivity index (χ1n) is 6.65. The lowest BCUT2D eigenvalue weighted by Gasteiger charge is -2.10. The Morgan fingerprint density at radius 1 is 0.952 bits per heavy atom. The summed E-state index contributed by atoms with van der Waals surface area (Å²) in [6, 6.07) is 14.8. The van der Waals surface area contributed by atoms with E-state index in [2.05, 4.69) is 4.99 Å². The van der Waals surface area contributed by atoms with Gasteiger partial charge in [-0.3, -0.25) is 4.99 Å². The fourth-order valence-electron chi connectivity index (χ4n) is 2.07. The van der Waals surface area contributed by atoms with E-state index >= 15 is 0 Å². The van der Waals surface area contributed by atoms with Gasteiger partial charge in [-0.25, -0.2) is 0 Å². The van der Waals surface area contributed by atoms with Crippen molar-refractivity contribution in [3.8, 4) is 0 Å². The van der Waals surface area contributed by atoms with E-state index in [1.807, 2.05) is 44.2 Å². The molecular weight excluding hydrogens is 275 g/mol. The van der Waals surface area contributed by atoms with Crippen LogP contribution in [0.1, 0.15) is 36.6 Å². The van der Waals surface area contributed by atoms with Gasteiger partial charge in [0.05, 0.1) is 11.6 Å². The van der Waals surface area contributed by atoms with Crippen molar-refractivity contribution in [2.45, 2.75) is 26.1 Å². The van der Waals surface area contributed by atoms with E-state index in [0.29, 0.717) is 5.56 Å². The van der Waals surface area contributed by atoms with E-state index in [1.54, 1.807) is 0 Å². The first kappa shape index (κ1) is 15.3. The van der Waals surface area contributed by atoms with Gasteiger partial charge >= 0.3 is 6.18 Å². The van der Waals surface area contributed by atoms with Crippen LogP contribution in [0.3, 0.4) is 0 Å². The highest BCUT2D eigenvalue weighted by Crippen LogP contribution is 2.29. The lowest BCUT2D eigenvalue weighted by atomic mass is 10.1. The summed E-state index contributed by atoms with van der Waals surface area (Å²) in [5.74, 6) is 0. The van der Waals surface area contributed by atoms with Gasteiger partial charge in [0.2, 0.25) is 0 Å². The summed E-state index contributed by atoms with van der Waals surface area (Å²) in [6.07, 6.45) is -4.30. The lowest BCUT2D eigenvalue weighted by molar-refractivity contribution is -0.137. The number of hydrogen-bond donors (Lipinski definition) is 0. The van der Waals surface area contributed by atoms with Crippen LogP contribution in [0, 0.1) is 0 Å². The molecule has 0 saturated carbocycles. The van der Waals surface area contributed by atoms with E-state index in [-0.39, 0.29) is 6.04 Å². The second-order valence-corrected chi connectivity index (χ2v) is 4.88. The van der Waals surface area contributed by atoms with Crippen LogP contribution in [-0.4, -0.2) is 5.71 Å². The van der Waals surface area contributed by atoms with Gasteiger partial charge in [0, 0.05) is 5.71 Å². The van der Waals surface area contributed by atoms with Crippen molar-refractivity contribution in [1.29, 1.82) is 0 Å². The van der Waals surface area contributed by atoms with Gasteiger partial charge in [0.15, 0.2) is 0 Å². The van der Waals surface area contributed by atoms with Gasteiger partial charge in [0.1, 0.15) is 0 Å². The van der Waals surface area contributed by atoms with Gasteiger partial charge in [-0.15, -0.1) is 0 Å². The fraction of sp³-hybridized carbons (Fsp3) is 0.235. The Labute approximate surface area is 122 Å². The Kier molecular flexibility index (Phi) is 4.46. The van der Waals surface area contributed by atoms with Gasteiger partial charge in [-0.1, -0.05) is 42.5 Å². The quantitative estimate of drug-likeness (QED) is 0.683. The highest BCUT2D eigenvalue weighted by atomic mass is 19.4. The van der Waals surface area contributed by atoms with E-state index in [4.69, 9.17) is 0 Å². The Hall–Kier alpha value is -2.10. The zero-order chi connectivity index (χ0) is 15.5. The summed E-state index contributed by atoms with van der Waals surface area (Å²) < 4.78 is 37.6. The summed E-state index contributed by atoms with van der Waals surface area (Å²) in [4.78, 5) is 4.54. The molecule has 110 valence electrons. The Balaban J connectivity index is 2.20. The molecule has 0 aliphatic heterocycles. The molecule has 0 bridgehead atoms. The third-order valence-corrected chi connectivity index (χ3v) is 3.30. The second kappa shape index (κ2) is 6.12. The van der Waals surface area contributed by atoms with Gasteiger partial charge in [0.25, 0.3) is 0 Å². The van der Waals surface area contributed by atoms with Gasteiger partial charge < -0.3 is 0 Å². The molecule has 0 spiro atoms. The van der Waals surface area contributed by atoms with Crippen molar-refractivity contribution in [1.82, 2.24) is 0 Å². The van der Waals surface area contributed by atoms with Crippen molar-refractivity contribution >= 4 is 5.71 Å². The number of alkyl halides is 3. The molecule has 1 nitrogen and oxygen atoms in total. The van der Waals surface area contributed by atoms with E-state index < -0.39 is 11.7 Å². The predicted octanol–water partition coefficient (Wildman–Crippen LogP) is 5.28. The lowest BCUT2D eigenvalue weighted by Crippen LogP contribution is -2.05. The summed E-state index contributed by atoms with van der Waals surface area (Å²) in [5, 5.41) is 0. The molecule has 0 aliphatic carbocycles. The molecule has 0 saturated heterocycles. The zero-order valence-electron chi connectivity index (χ0n) is 11.9. The maximum atomic E-state index is 12.5. The Bertz CT molecular complexity index is 613. The molecule has 0 fully saturated rings. The molecule has 21 heavy (non-hydrogen) atoms. The Morgan fingerprint density at radius 3 is 2.05 bits per heavy atom. The minimum Gasteiger partial charge on any atom is -0.282 e. The molecule has 1 atom stereocenters. The van der Waals surface area contributed by atoms with Crippen molar-refractivity contribution < 1.29 is 13.2 Å². The molecule has 4 heteroatoms. The largest absolute Gasteiger partial charge is 0.416 e. The second-order valence-electron chi connectivity index (χ2n) is 4.88. The summed E-state index contributed by atoms with van der Waals surface area (Å²) in [5.41, 5.74) is 1.85. The van der Waals surface area contributed by atoms with Gasteiger partial charge in [-0.2, -0.15) is 13.2 Å². The molecule has 2 aromatic carbocycles. The van der Waals surface area contributed by atoms with Crippen molar-refractivity contribution in [3.05, 3.63) is 71.3 Å². The first-order valence-corrected chi connectivity index (χ1v) is 6.65. The van der Waals surface area contributed by atoms with Crippen LogP contribution in [0.4, 0.5) is 13.2 Å². The third kappa shape index (κ3) is 3.94. The highest BCUT2D eigenvalue weighted by molar-refractivity contribution is 5.98. The molecule has 0 aliphatic rings. The molecule has 0 heterocycles. The molecule has 1 unspecified atom stereocenters. The number of hydrogen-bond acceptors (Lipinski definition) is 1. The maximum Gasteiger partial charge on any atom is 0.416 e. The van der Waals surface area contributed by atoms with Crippen molar-refractivity contribution in [3.63, 3.8) is 0 Å². The average Bonchev–Trinajstić information content (AvgIpc) is 2.47. The summed E-state index contributed by atoms with van der Waals surface area (Å²) in [7, 11) is 0. The SMILES string of the molecule is C/C(=N\C(C)c1ccccc1)c1ccc(C(F)(F)F)cc1. The minimum absolute atomic E-state index is 0.0338. The molecular formula is C17H16F3N. The number of rotatable bonds is 3. The fourth-order valence-corrected chi connectivity index (χ4v) is 2.07. The van der Waals surface area contributed by atoms with Crippen LogP contribution in [-0.2, 0) is 6.18 Å². The molecule has 0 radical (unpaired) electrons. The first-order chi connectivity index (χ1) is 9.88. The van der Waals surface area contributed by atoms with Crippen LogP contribution in [0.25, 0.3) is 0 Å². The smallest absolute Gasteiger partial charge is 0.282 e. The maximum absolute atomic E-state index is 12.5. The Morgan fingerprint density at radius 2 is 1.52 bits per heavy atom. The number of benzene rings is 2. The van der Waals surface area contributed by atoms with Crippen molar-refractivity contribution in [2.75, 3.05) is 0 Å². The van der Waals surface area contributed by atoms with Crippen molar-refractivity contribution in [2.24, 2.45) is 4.99 Å². The number of nitrogens with zero attached hydrogens (tertiary/aromatic N) is 1. The van der Waals surface area contributed by atoms with E-state index in [0.717, 1.165) is 23.4 Å². The van der Waals surface area contributed by atoms with E-state index in [1.165, 1.54) is 12.1 Å². The average molecular weight is 291 g/mol. The molecule has 0 N–H and O–H groups in total. The number of aliphatic imine (C=N–C) groups is 1. The van der Waals surface area contributed by atoms with Crippen LogP contribution in [0.15, 0.2) is 59.6 Å². The van der Waals surface area contributed by atoms with Gasteiger partial charge in [-0.05, 0) is 37.1 Å². The molecule has 2 rings (SSSR count). The summed E-state index contributed by atoms with van der Waals surface area (Å²) >= 11 is 0. The van der Waals surface area contributed by atoms with Crippen LogP contribution >= 0.6 is 0 Å². The highest BCUT2D eigenvalue weighted by Gasteiger charge is 2.29. The molecule has 0 amide bonds. The minimum atomic E-state index is -4.30. The normalized spacial score (nSPS) is 14.0. The van der Waals surface area contributed by atoms with E-state index in [9.17, 15) is 13.2 Å². The molecule has 2 aromatic rings. The monoisotopic (exact) mass is 291 g/mol. The topological polar surface area (TPSA) is 12.4 Å². The van der Waals surface area contributed by atoms with Crippen LogP contribution in [0.2, 0.25) is 0 Å².